The van der Waals surface area contributed by atoms with Crippen molar-refractivity contribution >= 4 is 11.5 Å². The van der Waals surface area contributed by atoms with Crippen LogP contribution in [-0.2, 0) is 4.74 Å². The van der Waals surface area contributed by atoms with E-state index in [2.05, 4.69) is 13.0 Å². The molecule has 0 aliphatic carbocycles. The van der Waals surface area contributed by atoms with Gasteiger partial charge in [0.2, 0.25) is 0 Å². The molecule has 0 amide bonds. The van der Waals surface area contributed by atoms with Gasteiger partial charge in [0.05, 0.1) is 13.7 Å². The summed E-state index contributed by atoms with van der Waals surface area (Å²) in [5.74, 6) is 1.71. The highest BCUT2D eigenvalue weighted by molar-refractivity contribution is 5.92. The van der Waals surface area contributed by atoms with Gasteiger partial charge in [0, 0.05) is 5.57 Å². The summed E-state index contributed by atoms with van der Waals surface area (Å²) in [5.41, 5.74) is 2.49. The number of allylic oxidation sites excluding steroid dienone is 1. The zero-order chi connectivity index (χ0) is 18.2. The number of methoxy groups -OCH3 is 1. The number of furan rings is 1. The quantitative estimate of drug-likeness (QED) is 0.476. The molecule has 1 aromatic carbocycles. The first kappa shape index (κ1) is 18.8. The maximum absolute atomic E-state index is 12.1. The fourth-order valence-corrected chi connectivity index (χ4v) is 2.61. The number of rotatable bonds is 8. The van der Waals surface area contributed by atoms with E-state index < -0.39 is 0 Å². The average Bonchev–Trinajstić information content (AvgIpc) is 3.01. The second kappa shape index (κ2) is 9.11. The Kier molecular flexibility index (Phi) is 6.87. The van der Waals surface area contributed by atoms with Crippen LogP contribution in [0, 0.1) is 6.92 Å². The van der Waals surface area contributed by atoms with Gasteiger partial charge in [-0.05, 0) is 44.0 Å². The number of esters is 1. The number of unbranched alkanes of at least 4 members (excludes halogenated alkanes) is 2. The fourth-order valence-electron chi connectivity index (χ4n) is 2.61. The maximum Gasteiger partial charge on any atom is 0.341 e. The number of hydrogen-bond donors (Lipinski definition) is 0. The molecule has 25 heavy (non-hydrogen) atoms. The van der Waals surface area contributed by atoms with Crippen LogP contribution in [0.2, 0.25) is 0 Å². The smallest absolute Gasteiger partial charge is 0.341 e. The van der Waals surface area contributed by atoms with Crippen molar-refractivity contribution in [1.29, 1.82) is 0 Å². The van der Waals surface area contributed by atoms with E-state index in [0.29, 0.717) is 23.7 Å². The summed E-state index contributed by atoms with van der Waals surface area (Å²) < 4.78 is 16.2. The second-order valence-electron chi connectivity index (χ2n) is 5.79. The van der Waals surface area contributed by atoms with E-state index in [1.165, 1.54) is 0 Å². The SMILES string of the molecule is CCCC/C=C(\c1ccc(OC)cc1)c1cc(C(=O)OCC)c(C)o1. The highest BCUT2D eigenvalue weighted by atomic mass is 16.5. The van der Waals surface area contributed by atoms with E-state index in [1.807, 2.05) is 24.3 Å². The van der Waals surface area contributed by atoms with Crippen molar-refractivity contribution in [1.82, 2.24) is 0 Å². The van der Waals surface area contributed by atoms with Crippen molar-refractivity contribution in [2.75, 3.05) is 13.7 Å². The molecule has 4 heteroatoms. The molecule has 4 nitrogen and oxygen atoms in total. The Hall–Kier alpha value is -2.49. The molecule has 0 N–H and O–H groups in total. The number of hydrogen-bond acceptors (Lipinski definition) is 4. The van der Waals surface area contributed by atoms with Gasteiger partial charge in [0.15, 0.2) is 0 Å². The Bertz CT molecular complexity index is 723. The van der Waals surface area contributed by atoms with Crippen LogP contribution in [0.25, 0.3) is 5.57 Å². The Balaban J connectivity index is 2.40. The van der Waals surface area contributed by atoms with Crippen LogP contribution < -0.4 is 4.74 Å². The lowest BCUT2D eigenvalue weighted by molar-refractivity contribution is 0.0524. The number of carbonyl (C=O) groups excluding carboxylic acids is 1. The van der Waals surface area contributed by atoms with Gasteiger partial charge in [-0.15, -0.1) is 0 Å². The lowest BCUT2D eigenvalue weighted by Crippen LogP contribution is -2.04. The third-order valence-corrected chi connectivity index (χ3v) is 3.99. The standard InChI is InChI=1S/C21H26O4/c1-5-7-8-9-18(16-10-12-17(23-4)13-11-16)20-14-19(15(3)25-20)21(22)24-6-2/h9-14H,5-8H2,1-4H3/b18-9+. The summed E-state index contributed by atoms with van der Waals surface area (Å²) in [6.45, 7) is 6.09. The average molecular weight is 342 g/mol. The molecule has 0 saturated heterocycles. The van der Waals surface area contributed by atoms with Gasteiger partial charge in [0.25, 0.3) is 0 Å². The van der Waals surface area contributed by atoms with E-state index in [9.17, 15) is 4.79 Å². The molecule has 0 aliphatic heterocycles. The van der Waals surface area contributed by atoms with E-state index in [-0.39, 0.29) is 5.97 Å². The van der Waals surface area contributed by atoms with Crippen molar-refractivity contribution in [3.63, 3.8) is 0 Å². The van der Waals surface area contributed by atoms with Gasteiger partial charge in [-0.3, -0.25) is 0 Å². The van der Waals surface area contributed by atoms with Crippen LogP contribution in [0.15, 0.2) is 40.8 Å². The molecule has 0 saturated carbocycles. The van der Waals surface area contributed by atoms with Crippen LogP contribution in [0.4, 0.5) is 0 Å². The first-order valence-corrected chi connectivity index (χ1v) is 8.73. The van der Waals surface area contributed by atoms with Crippen LogP contribution in [0.1, 0.15) is 60.6 Å². The van der Waals surface area contributed by atoms with Gasteiger partial charge in [-0.25, -0.2) is 4.79 Å². The largest absolute Gasteiger partial charge is 0.497 e. The van der Waals surface area contributed by atoms with Gasteiger partial charge < -0.3 is 13.9 Å². The Morgan fingerprint density at radius 2 is 1.92 bits per heavy atom. The summed E-state index contributed by atoms with van der Waals surface area (Å²) in [6, 6.07) is 9.61. The Labute approximate surface area is 149 Å². The first-order valence-electron chi connectivity index (χ1n) is 8.73. The van der Waals surface area contributed by atoms with Gasteiger partial charge >= 0.3 is 5.97 Å². The Morgan fingerprint density at radius 1 is 1.20 bits per heavy atom. The third kappa shape index (κ3) is 4.75. The molecule has 0 unspecified atom stereocenters. The molecule has 0 fully saturated rings. The molecule has 0 spiro atoms. The van der Waals surface area contributed by atoms with E-state index >= 15 is 0 Å². The van der Waals surface area contributed by atoms with Crippen LogP contribution in [-0.4, -0.2) is 19.7 Å². The van der Waals surface area contributed by atoms with Gasteiger partial charge in [-0.2, -0.15) is 0 Å². The van der Waals surface area contributed by atoms with Gasteiger partial charge in [0.1, 0.15) is 22.8 Å². The minimum absolute atomic E-state index is 0.344. The molecule has 2 rings (SSSR count). The summed E-state index contributed by atoms with van der Waals surface area (Å²) in [5, 5.41) is 0. The number of ether oxygens (including phenoxy) is 2. The predicted molar refractivity (Wildman–Crippen MR) is 99.0 cm³/mol. The fraction of sp³-hybridized carbons (Fsp3) is 0.381. The molecule has 0 atom stereocenters. The maximum atomic E-state index is 12.1. The lowest BCUT2D eigenvalue weighted by atomic mass is 10.0. The zero-order valence-corrected chi connectivity index (χ0v) is 15.4. The Morgan fingerprint density at radius 3 is 2.52 bits per heavy atom. The summed E-state index contributed by atoms with van der Waals surface area (Å²) >= 11 is 0. The van der Waals surface area contributed by atoms with Crippen LogP contribution in [0.3, 0.4) is 0 Å². The van der Waals surface area contributed by atoms with Crippen LogP contribution >= 0.6 is 0 Å². The summed E-state index contributed by atoms with van der Waals surface area (Å²) in [4.78, 5) is 12.1. The molecule has 0 aliphatic rings. The van der Waals surface area contributed by atoms with Crippen molar-refractivity contribution in [3.05, 3.63) is 59.1 Å². The summed E-state index contributed by atoms with van der Waals surface area (Å²) in [7, 11) is 1.65. The van der Waals surface area contributed by atoms with E-state index in [4.69, 9.17) is 13.9 Å². The zero-order valence-electron chi connectivity index (χ0n) is 15.4. The molecule has 134 valence electrons. The second-order valence-corrected chi connectivity index (χ2v) is 5.79. The number of benzene rings is 1. The van der Waals surface area contributed by atoms with Crippen molar-refractivity contribution in [2.24, 2.45) is 0 Å². The van der Waals surface area contributed by atoms with Gasteiger partial charge in [-0.1, -0.05) is 38.0 Å². The molecule has 1 aromatic heterocycles. The predicted octanol–water partition coefficient (Wildman–Crippen LogP) is 5.40. The third-order valence-electron chi connectivity index (χ3n) is 3.99. The molecular formula is C21H26O4. The molecule has 0 radical (unpaired) electrons. The monoisotopic (exact) mass is 342 g/mol. The minimum Gasteiger partial charge on any atom is -0.497 e. The minimum atomic E-state index is -0.349. The van der Waals surface area contributed by atoms with E-state index in [1.54, 1.807) is 27.0 Å². The first-order chi connectivity index (χ1) is 12.1. The summed E-state index contributed by atoms with van der Waals surface area (Å²) in [6.07, 6.45) is 5.34. The molecule has 0 bridgehead atoms. The highest BCUT2D eigenvalue weighted by Crippen LogP contribution is 2.30. The highest BCUT2D eigenvalue weighted by Gasteiger charge is 2.19. The molecule has 1 heterocycles. The number of carbonyl (C=O) groups is 1. The lowest BCUT2D eigenvalue weighted by Gasteiger charge is -2.07. The van der Waals surface area contributed by atoms with Crippen LogP contribution in [0.5, 0.6) is 5.75 Å². The topological polar surface area (TPSA) is 48.7 Å². The molecular weight excluding hydrogens is 316 g/mol. The van der Waals surface area contributed by atoms with E-state index in [0.717, 1.165) is 36.1 Å². The van der Waals surface area contributed by atoms with Crippen molar-refractivity contribution in [2.45, 2.75) is 40.0 Å². The van der Waals surface area contributed by atoms with Crippen molar-refractivity contribution < 1.29 is 18.7 Å². The number of aryl methyl sites for hydroxylation is 1. The van der Waals surface area contributed by atoms with Crippen molar-refractivity contribution in [3.8, 4) is 5.75 Å². The normalized spacial score (nSPS) is 11.4. The molecule has 2 aromatic rings.